The molecule has 1 atom stereocenters. The Morgan fingerprint density at radius 1 is 1.19 bits per heavy atom. The number of carbonyl (C=O) groups is 1. The molecule has 1 unspecified atom stereocenters. The second kappa shape index (κ2) is 11.8. The maximum atomic E-state index is 11.0. The molecular formula is C19H29Cl2N3O2. The minimum atomic E-state index is 0.0895. The Hall–Kier alpha value is -0.850. The zero-order valence-corrected chi connectivity index (χ0v) is 16.9. The Balaban J connectivity index is 0.000000254. The Morgan fingerprint density at radius 2 is 1.85 bits per heavy atom. The molecule has 2 N–H and O–H groups in total. The summed E-state index contributed by atoms with van der Waals surface area (Å²) >= 11 is 11.2. The summed E-state index contributed by atoms with van der Waals surface area (Å²) in [5.74, 6) is 0.0895. The van der Waals surface area contributed by atoms with Crippen LogP contribution in [0.1, 0.15) is 26.2 Å². The van der Waals surface area contributed by atoms with Crippen molar-refractivity contribution >= 4 is 29.1 Å². The molecule has 5 nitrogen and oxygen atoms in total. The van der Waals surface area contributed by atoms with Gasteiger partial charge in [0.2, 0.25) is 5.91 Å². The molecule has 2 saturated heterocycles. The van der Waals surface area contributed by atoms with Crippen molar-refractivity contribution in [2.75, 3.05) is 39.3 Å². The van der Waals surface area contributed by atoms with Crippen molar-refractivity contribution in [2.45, 2.75) is 38.3 Å². The molecule has 3 rings (SSSR count). The number of hydrogen-bond acceptors (Lipinski definition) is 4. The van der Waals surface area contributed by atoms with Gasteiger partial charge in [0.1, 0.15) is 0 Å². The van der Waals surface area contributed by atoms with Crippen molar-refractivity contribution in [3.8, 4) is 0 Å². The number of nitrogens with one attached hydrogen (secondary N) is 2. The number of halogens is 2. The second-order valence-electron chi connectivity index (χ2n) is 6.72. The molecule has 2 aliphatic heterocycles. The van der Waals surface area contributed by atoms with Gasteiger partial charge >= 0.3 is 0 Å². The molecule has 0 spiro atoms. The fourth-order valence-electron chi connectivity index (χ4n) is 3.19. The van der Waals surface area contributed by atoms with Crippen molar-refractivity contribution in [3.05, 3.63) is 34.3 Å². The van der Waals surface area contributed by atoms with Crippen LogP contribution in [0.3, 0.4) is 0 Å². The quantitative estimate of drug-likeness (QED) is 0.817. The number of rotatable bonds is 3. The van der Waals surface area contributed by atoms with E-state index in [1.165, 1.54) is 0 Å². The minimum absolute atomic E-state index is 0.0895. The Kier molecular flexibility index (Phi) is 9.72. The second-order valence-corrected chi connectivity index (χ2v) is 7.54. The summed E-state index contributed by atoms with van der Waals surface area (Å²) in [5.41, 5.74) is 0. The third kappa shape index (κ3) is 8.23. The van der Waals surface area contributed by atoms with Gasteiger partial charge in [-0.2, -0.15) is 0 Å². The van der Waals surface area contributed by atoms with Crippen molar-refractivity contribution < 1.29 is 9.53 Å². The highest BCUT2D eigenvalue weighted by Gasteiger charge is 2.22. The molecule has 146 valence electrons. The van der Waals surface area contributed by atoms with E-state index in [2.05, 4.69) is 15.5 Å². The first-order valence-corrected chi connectivity index (χ1v) is 10.0. The molecule has 7 heteroatoms. The molecular weight excluding hydrogens is 373 g/mol. The molecule has 1 amide bonds. The summed E-state index contributed by atoms with van der Waals surface area (Å²) in [4.78, 5) is 13.5. The number of nitrogens with zero attached hydrogens (tertiary/aromatic N) is 1. The molecule has 2 heterocycles. The maximum absolute atomic E-state index is 11.0. The Morgan fingerprint density at radius 3 is 2.42 bits per heavy atom. The van der Waals surface area contributed by atoms with E-state index in [0.29, 0.717) is 22.2 Å². The zero-order valence-electron chi connectivity index (χ0n) is 15.3. The van der Waals surface area contributed by atoms with Crippen LogP contribution in [0.15, 0.2) is 24.3 Å². The fourth-order valence-corrected chi connectivity index (χ4v) is 3.46. The third-order valence-corrected chi connectivity index (χ3v) is 5.31. The van der Waals surface area contributed by atoms with Gasteiger partial charge < -0.3 is 20.3 Å². The monoisotopic (exact) mass is 401 g/mol. The van der Waals surface area contributed by atoms with Gasteiger partial charge in [0.15, 0.2) is 0 Å². The topological polar surface area (TPSA) is 53.6 Å². The first-order valence-electron chi connectivity index (χ1n) is 9.26. The fraction of sp³-hybridized carbons (Fsp3) is 0.632. The highest BCUT2D eigenvalue weighted by atomic mass is 35.5. The summed E-state index contributed by atoms with van der Waals surface area (Å²) in [6, 6.07) is 7.56. The number of carbonyl (C=O) groups excluding carboxylic acids is 1. The first-order chi connectivity index (χ1) is 12.5. The molecule has 1 aromatic carbocycles. The predicted molar refractivity (Wildman–Crippen MR) is 107 cm³/mol. The predicted octanol–water partition coefficient (Wildman–Crippen LogP) is 2.96. The average Bonchev–Trinajstić information content (AvgIpc) is 2.88. The van der Waals surface area contributed by atoms with Crippen molar-refractivity contribution in [2.24, 2.45) is 0 Å². The normalized spacial score (nSPS) is 22.0. The van der Waals surface area contributed by atoms with Crippen molar-refractivity contribution in [1.29, 1.82) is 0 Å². The van der Waals surface area contributed by atoms with Crippen LogP contribution in [0.4, 0.5) is 0 Å². The molecule has 2 aliphatic rings. The lowest BCUT2D eigenvalue weighted by Gasteiger charge is -2.34. The van der Waals surface area contributed by atoms with E-state index < -0.39 is 0 Å². The van der Waals surface area contributed by atoms with Gasteiger partial charge in [-0.25, -0.2) is 0 Å². The number of hydrogen-bond donors (Lipinski definition) is 2. The Labute approximate surface area is 166 Å². The van der Waals surface area contributed by atoms with E-state index >= 15 is 0 Å². The van der Waals surface area contributed by atoms with Crippen LogP contribution < -0.4 is 10.6 Å². The first kappa shape index (κ1) is 21.5. The van der Waals surface area contributed by atoms with Crippen LogP contribution in [0.25, 0.3) is 0 Å². The summed E-state index contributed by atoms with van der Waals surface area (Å²) in [6.45, 7) is 7.63. The highest BCUT2D eigenvalue weighted by molar-refractivity contribution is 6.41. The lowest BCUT2D eigenvalue weighted by atomic mass is 10.0. The molecule has 2 fully saturated rings. The van der Waals surface area contributed by atoms with Crippen LogP contribution in [-0.2, 0) is 9.53 Å². The van der Waals surface area contributed by atoms with Crippen LogP contribution >= 0.6 is 23.2 Å². The smallest absolute Gasteiger partial charge is 0.217 e. The largest absolute Gasteiger partial charge is 0.376 e. The summed E-state index contributed by atoms with van der Waals surface area (Å²) in [5, 5.41) is 7.57. The summed E-state index contributed by atoms with van der Waals surface area (Å²) in [7, 11) is 0. The van der Waals surface area contributed by atoms with Crippen LogP contribution in [-0.4, -0.2) is 62.3 Å². The highest BCUT2D eigenvalue weighted by Crippen LogP contribution is 2.19. The van der Waals surface area contributed by atoms with E-state index in [1.54, 1.807) is 19.1 Å². The van der Waals surface area contributed by atoms with Crippen molar-refractivity contribution in [1.82, 2.24) is 15.5 Å². The van der Waals surface area contributed by atoms with Crippen molar-refractivity contribution in [3.63, 3.8) is 0 Å². The van der Waals surface area contributed by atoms with E-state index in [1.807, 2.05) is 12.1 Å². The van der Waals surface area contributed by atoms with Gasteiger partial charge in [0.05, 0.1) is 22.8 Å². The van der Waals surface area contributed by atoms with Gasteiger partial charge in [-0.15, -0.1) is 0 Å². The van der Waals surface area contributed by atoms with Crippen LogP contribution in [0.2, 0.25) is 10.0 Å². The Bertz CT molecular complexity index is 522. The molecule has 0 radical (unpaired) electrons. The van der Waals surface area contributed by atoms with Gasteiger partial charge in [0, 0.05) is 39.1 Å². The SMILES string of the molecule is CC(=O)NC1CCN(CC2CCNCCO2)CC1.Clc1ccccc1Cl. The average molecular weight is 402 g/mol. The third-order valence-electron chi connectivity index (χ3n) is 4.56. The van der Waals surface area contributed by atoms with E-state index in [4.69, 9.17) is 27.9 Å². The van der Waals surface area contributed by atoms with E-state index in [0.717, 1.165) is 58.6 Å². The molecule has 0 aliphatic carbocycles. The molecule has 0 saturated carbocycles. The van der Waals surface area contributed by atoms with Crippen LogP contribution in [0.5, 0.6) is 0 Å². The number of likely N-dealkylation sites (tertiary alicyclic amines) is 1. The van der Waals surface area contributed by atoms with Gasteiger partial charge in [-0.3, -0.25) is 4.79 Å². The zero-order chi connectivity index (χ0) is 18.8. The maximum Gasteiger partial charge on any atom is 0.217 e. The number of benzene rings is 1. The van der Waals surface area contributed by atoms with Gasteiger partial charge in [-0.1, -0.05) is 35.3 Å². The number of ether oxygens (including phenoxy) is 1. The van der Waals surface area contributed by atoms with E-state index in [9.17, 15) is 4.79 Å². The number of piperidine rings is 1. The molecule has 26 heavy (non-hydrogen) atoms. The lowest BCUT2D eigenvalue weighted by Crippen LogP contribution is -2.46. The minimum Gasteiger partial charge on any atom is -0.376 e. The summed E-state index contributed by atoms with van der Waals surface area (Å²) < 4.78 is 5.82. The number of amides is 1. The molecule has 0 bridgehead atoms. The van der Waals surface area contributed by atoms with E-state index in [-0.39, 0.29) is 5.91 Å². The summed E-state index contributed by atoms with van der Waals surface area (Å²) in [6.07, 6.45) is 3.60. The lowest BCUT2D eigenvalue weighted by molar-refractivity contribution is -0.120. The van der Waals surface area contributed by atoms with Gasteiger partial charge in [-0.05, 0) is 37.9 Å². The standard InChI is InChI=1S/C13H25N3O2.C6H4Cl2/c1-11(17)15-12-3-7-16(8-4-12)10-13-2-5-14-6-9-18-13;7-5-3-1-2-4-6(5)8/h12-14H,2-10H2,1H3,(H,15,17);1-4H. The van der Waals surface area contributed by atoms with Gasteiger partial charge in [0.25, 0.3) is 0 Å². The molecule has 1 aromatic rings. The molecule has 0 aromatic heterocycles. The van der Waals surface area contributed by atoms with Crippen LogP contribution in [0, 0.1) is 0 Å².